The largest absolute Gasteiger partial charge is 0.369 e. The first kappa shape index (κ1) is 16.8. The molecule has 1 unspecified atom stereocenters. The third-order valence-electron chi connectivity index (χ3n) is 4.33. The van der Waals surface area contributed by atoms with Crippen molar-refractivity contribution in [2.75, 3.05) is 43.4 Å². The molecular weight excluding hydrogens is 322 g/mol. The molecule has 1 fully saturated rings. The van der Waals surface area contributed by atoms with Crippen LogP contribution in [-0.2, 0) is 4.79 Å². The Hall–Kier alpha value is -2.04. The van der Waals surface area contributed by atoms with E-state index < -0.39 is 5.38 Å². The Bertz CT molecular complexity index is 667. The van der Waals surface area contributed by atoms with Gasteiger partial charge in [-0.2, -0.15) is 0 Å². The Morgan fingerprint density at radius 3 is 2.25 bits per heavy atom. The van der Waals surface area contributed by atoms with E-state index in [9.17, 15) is 4.79 Å². The number of nitrogens with zero attached hydrogens (tertiary/aromatic N) is 2. The van der Waals surface area contributed by atoms with Gasteiger partial charge in [-0.3, -0.25) is 4.79 Å². The number of benzene rings is 2. The molecule has 1 N–H and O–H groups in total. The summed E-state index contributed by atoms with van der Waals surface area (Å²) in [5.74, 6) is -0.213. The lowest BCUT2D eigenvalue weighted by Gasteiger charge is -2.34. The fraction of sp³-hybridized carbons (Fsp3) is 0.316. The highest BCUT2D eigenvalue weighted by atomic mass is 35.5. The molecule has 0 aromatic heterocycles. The molecule has 1 saturated heterocycles. The van der Waals surface area contributed by atoms with Gasteiger partial charge in [-0.15, -0.1) is 11.6 Å². The van der Waals surface area contributed by atoms with Gasteiger partial charge in [0.1, 0.15) is 5.38 Å². The molecule has 4 nitrogen and oxygen atoms in total. The van der Waals surface area contributed by atoms with Crippen molar-refractivity contribution in [3.8, 4) is 0 Å². The molecule has 5 heteroatoms. The van der Waals surface area contributed by atoms with Gasteiger partial charge >= 0.3 is 0 Å². The number of halogens is 1. The van der Waals surface area contributed by atoms with Crippen molar-refractivity contribution in [3.05, 3.63) is 60.2 Å². The molecular formula is C19H22ClN3O. The van der Waals surface area contributed by atoms with E-state index in [2.05, 4.69) is 22.2 Å². The van der Waals surface area contributed by atoms with Crippen molar-refractivity contribution in [3.63, 3.8) is 0 Å². The average molecular weight is 344 g/mol. The lowest BCUT2D eigenvalue weighted by molar-refractivity contribution is -0.116. The maximum Gasteiger partial charge on any atom is 0.246 e. The number of nitrogens with one attached hydrogen (secondary N) is 1. The molecule has 24 heavy (non-hydrogen) atoms. The Morgan fingerprint density at radius 1 is 1.00 bits per heavy atom. The predicted molar refractivity (Wildman–Crippen MR) is 99.8 cm³/mol. The number of amides is 1. The van der Waals surface area contributed by atoms with Crippen LogP contribution in [0, 0.1) is 0 Å². The van der Waals surface area contributed by atoms with Crippen LogP contribution in [0.3, 0.4) is 0 Å². The molecule has 1 atom stereocenters. The molecule has 1 heterocycles. The van der Waals surface area contributed by atoms with E-state index in [1.807, 2.05) is 54.6 Å². The Kier molecular flexibility index (Phi) is 5.38. The second-order valence-electron chi connectivity index (χ2n) is 6.10. The Balaban J connectivity index is 1.61. The van der Waals surface area contributed by atoms with Gasteiger partial charge in [0.15, 0.2) is 0 Å². The fourth-order valence-electron chi connectivity index (χ4n) is 2.80. The van der Waals surface area contributed by atoms with Gasteiger partial charge in [0, 0.05) is 37.6 Å². The molecule has 0 spiro atoms. The van der Waals surface area contributed by atoms with Crippen molar-refractivity contribution in [1.82, 2.24) is 4.90 Å². The smallest absolute Gasteiger partial charge is 0.246 e. The topological polar surface area (TPSA) is 35.6 Å². The molecule has 126 valence electrons. The summed E-state index contributed by atoms with van der Waals surface area (Å²) in [5.41, 5.74) is 2.75. The van der Waals surface area contributed by atoms with Gasteiger partial charge in [0.2, 0.25) is 5.91 Å². The monoisotopic (exact) mass is 343 g/mol. The van der Waals surface area contributed by atoms with Gasteiger partial charge in [-0.25, -0.2) is 0 Å². The van der Waals surface area contributed by atoms with E-state index >= 15 is 0 Å². The van der Waals surface area contributed by atoms with Gasteiger partial charge < -0.3 is 15.1 Å². The number of carbonyl (C=O) groups is 1. The molecule has 3 rings (SSSR count). The number of alkyl halides is 1. The van der Waals surface area contributed by atoms with Gasteiger partial charge in [-0.1, -0.05) is 30.3 Å². The van der Waals surface area contributed by atoms with Crippen molar-refractivity contribution >= 4 is 28.9 Å². The van der Waals surface area contributed by atoms with Crippen molar-refractivity contribution in [2.45, 2.75) is 5.38 Å². The highest BCUT2D eigenvalue weighted by molar-refractivity contribution is 6.32. The van der Waals surface area contributed by atoms with E-state index in [1.165, 1.54) is 5.69 Å². The first-order chi connectivity index (χ1) is 11.6. The normalized spacial score (nSPS) is 16.7. The number of hydrogen-bond acceptors (Lipinski definition) is 3. The minimum atomic E-state index is -0.691. The minimum absolute atomic E-state index is 0.213. The zero-order valence-corrected chi connectivity index (χ0v) is 14.5. The molecule has 0 radical (unpaired) electrons. The zero-order chi connectivity index (χ0) is 16.9. The molecule has 1 aliphatic heterocycles. The molecule has 1 amide bonds. The summed E-state index contributed by atoms with van der Waals surface area (Å²) in [7, 11) is 2.14. The van der Waals surface area contributed by atoms with E-state index in [-0.39, 0.29) is 5.91 Å². The minimum Gasteiger partial charge on any atom is -0.369 e. The van der Waals surface area contributed by atoms with E-state index in [0.29, 0.717) is 0 Å². The van der Waals surface area contributed by atoms with Crippen LogP contribution in [0.4, 0.5) is 11.4 Å². The first-order valence-electron chi connectivity index (χ1n) is 8.17. The van der Waals surface area contributed by atoms with Crippen LogP contribution in [0.25, 0.3) is 0 Å². The molecule has 2 aromatic rings. The average Bonchev–Trinajstić information content (AvgIpc) is 2.63. The van der Waals surface area contributed by atoms with Crippen LogP contribution < -0.4 is 10.2 Å². The van der Waals surface area contributed by atoms with Crippen LogP contribution in [-0.4, -0.2) is 44.0 Å². The molecule has 0 saturated carbocycles. The maximum atomic E-state index is 12.3. The lowest BCUT2D eigenvalue weighted by Crippen LogP contribution is -2.44. The summed E-state index contributed by atoms with van der Waals surface area (Å²) in [6.07, 6.45) is 0. The van der Waals surface area contributed by atoms with Gasteiger partial charge in [-0.05, 0) is 36.9 Å². The SMILES string of the molecule is CN1CCN(c2ccc(NC(=O)C(Cl)c3ccccc3)cc2)CC1. The first-order valence-corrected chi connectivity index (χ1v) is 8.60. The second-order valence-corrected chi connectivity index (χ2v) is 6.54. The van der Waals surface area contributed by atoms with Gasteiger partial charge in [0.25, 0.3) is 0 Å². The van der Waals surface area contributed by atoms with E-state index in [1.54, 1.807) is 0 Å². The summed E-state index contributed by atoms with van der Waals surface area (Å²) >= 11 is 6.25. The van der Waals surface area contributed by atoms with Crippen molar-refractivity contribution in [1.29, 1.82) is 0 Å². The standard InChI is InChI=1S/C19H22ClN3O/c1-22-11-13-23(14-12-22)17-9-7-16(8-10-17)21-19(24)18(20)15-5-3-2-4-6-15/h2-10,18H,11-14H2,1H3,(H,21,24). The summed E-state index contributed by atoms with van der Waals surface area (Å²) < 4.78 is 0. The number of hydrogen-bond donors (Lipinski definition) is 1. The highest BCUT2D eigenvalue weighted by Crippen LogP contribution is 2.24. The second kappa shape index (κ2) is 7.69. The van der Waals surface area contributed by atoms with E-state index in [0.717, 1.165) is 37.4 Å². The highest BCUT2D eigenvalue weighted by Gasteiger charge is 2.18. The number of rotatable bonds is 4. The number of likely N-dealkylation sites (N-methyl/N-ethyl adjacent to an activating group) is 1. The number of anilines is 2. The summed E-state index contributed by atoms with van der Waals surface area (Å²) in [6, 6.07) is 17.3. The van der Waals surface area contributed by atoms with Crippen LogP contribution in [0.15, 0.2) is 54.6 Å². The zero-order valence-electron chi connectivity index (χ0n) is 13.8. The van der Waals surface area contributed by atoms with Crippen LogP contribution in [0.2, 0.25) is 0 Å². The molecule has 0 bridgehead atoms. The fourth-order valence-corrected chi connectivity index (χ4v) is 3.00. The van der Waals surface area contributed by atoms with E-state index in [4.69, 9.17) is 11.6 Å². The van der Waals surface area contributed by atoms with Crippen LogP contribution in [0.5, 0.6) is 0 Å². The molecule has 1 aliphatic rings. The maximum absolute atomic E-state index is 12.3. The summed E-state index contributed by atoms with van der Waals surface area (Å²) in [6.45, 7) is 4.20. The van der Waals surface area contributed by atoms with Crippen molar-refractivity contribution < 1.29 is 4.79 Å². The quantitative estimate of drug-likeness (QED) is 0.865. The van der Waals surface area contributed by atoms with Crippen molar-refractivity contribution in [2.24, 2.45) is 0 Å². The third-order valence-corrected chi connectivity index (χ3v) is 4.78. The third kappa shape index (κ3) is 4.08. The van der Waals surface area contributed by atoms with Crippen LogP contribution >= 0.6 is 11.6 Å². The molecule has 2 aromatic carbocycles. The number of carbonyl (C=O) groups excluding carboxylic acids is 1. The Morgan fingerprint density at radius 2 is 1.62 bits per heavy atom. The Labute approximate surface area is 148 Å². The lowest BCUT2D eigenvalue weighted by atomic mass is 10.1. The van der Waals surface area contributed by atoms with Crippen LogP contribution in [0.1, 0.15) is 10.9 Å². The summed E-state index contributed by atoms with van der Waals surface area (Å²) in [5, 5.41) is 2.19. The summed E-state index contributed by atoms with van der Waals surface area (Å²) in [4.78, 5) is 17.0. The number of piperazine rings is 1. The van der Waals surface area contributed by atoms with Gasteiger partial charge in [0.05, 0.1) is 0 Å². The predicted octanol–water partition coefficient (Wildman–Crippen LogP) is 3.36. The molecule has 0 aliphatic carbocycles.